The van der Waals surface area contributed by atoms with E-state index in [0.717, 1.165) is 18.3 Å². The maximum Gasteiger partial charge on any atom is 0.151 e. The first-order valence-corrected chi connectivity index (χ1v) is 3.37. The second-order valence-electron chi connectivity index (χ2n) is 2.19. The summed E-state index contributed by atoms with van der Waals surface area (Å²) in [5, 5.41) is 0. The lowest BCUT2D eigenvalue weighted by Gasteiger charge is -1.97. The summed E-state index contributed by atoms with van der Waals surface area (Å²) in [6, 6.07) is 1.82. The fraction of sp³-hybridized carbons (Fsp3) is 0.111. The van der Waals surface area contributed by atoms with Crippen molar-refractivity contribution in [2.24, 2.45) is 0 Å². The Morgan fingerprint density at radius 2 is 2.45 bits per heavy atom. The summed E-state index contributed by atoms with van der Waals surface area (Å²) in [7, 11) is 0. The summed E-state index contributed by atoms with van der Waals surface area (Å²) >= 11 is 0. The molecule has 0 saturated heterocycles. The number of carbonyl (C=O) groups excluding carboxylic acids is 1. The summed E-state index contributed by atoms with van der Waals surface area (Å²) in [5.74, 6) is 0. The molecule has 1 aromatic heterocycles. The van der Waals surface area contributed by atoms with Crippen LogP contribution >= 0.6 is 0 Å². The Kier molecular flexibility index (Phi) is 2.55. The molecule has 0 aromatic carbocycles. The lowest BCUT2D eigenvalue weighted by atomic mass is 10.1. The van der Waals surface area contributed by atoms with E-state index in [1.165, 1.54) is 0 Å². The molecule has 0 atom stereocenters. The fourth-order valence-corrected chi connectivity index (χ4v) is 0.883. The van der Waals surface area contributed by atoms with E-state index >= 15 is 0 Å². The molecule has 0 fully saturated rings. The molecular formula is C9H9NO. The Bertz CT molecular complexity index is 268. The highest BCUT2D eigenvalue weighted by atomic mass is 16.1. The second-order valence-corrected chi connectivity index (χ2v) is 2.19. The van der Waals surface area contributed by atoms with E-state index in [9.17, 15) is 4.79 Å². The molecule has 0 amide bonds. The topological polar surface area (TPSA) is 30.0 Å². The van der Waals surface area contributed by atoms with Gasteiger partial charge in [0, 0.05) is 18.0 Å². The molecule has 0 radical (unpaired) electrons. The first-order valence-electron chi connectivity index (χ1n) is 3.37. The quantitative estimate of drug-likeness (QED) is 0.480. The maximum atomic E-state index is 10.4. The summed E-state index contributed by atoms with van der Waals surface area (Å²) in [4.78, 5) is 14.3. The van der Waals surface area contributed by atoms with Gasteiger partial charge < -0.3 is 0 Å². The molecule has 0 aliphatic rings. The van der Waals surface area contributed by atoms with Crippen molar-refractivity contribution < 1.29 is 4.79 Å². The smallest absolute Gasteiger partial charge is 0.151 e. The van der Waals surface area contributed by atoms with Gasteiger partial charge in [0.1, 0.15) is 0 Å². The summed E-state index contributed by atoms with van der Waals surface area (Å²) in [5.41, 5.74) is 1.62. The van der Waals surface area contributed by atoms with E-state index in [0.29, 0.717) is 5.56 Å². The zero-order valence-corrected chi connectivity index (χ0v) is 6.16. The van der Waals surface area contributed by atoms with Gasteiger partial charge in [-0.05, 0) is 18.1 Å². The Morgan fingerprint density at radius 3 is 3.09 bits per heavy atom. The van der Waals surface area contributed by atoms with Crippen LogP contribution in [0, 0.1) is 0 Å². The van der Waals surface area contributed by atoms with E-state index in [2.05, 4.69) is 11.6 Å². The molecule has 2 nitrogen and oxygen atoms in total. The molecule has 1 aromatic rings. The number of aldehydes is 1. The number of allylic oxidation sites excluding steroid dienone is 1. The third-order valence-corrected chi connectivity index (χ3v) is 1.44. The Hall–Kier alpha value is -1.44. The van der Waals surface area contributed by atoms with Crippen LogP contribution in [-0.4, -0.2) is 11.3 Å². The standard InChI is InChI=1S/C9H9NO/c1-2-3-8-4-5-10-6-9(8)7-11/h2,4-7H,1,3H2. The van der Waals surface area contributed by atoms with E-state index in [-0.39, 0.29) is 0 Å². The van der Waals surface area contributed by atoms with Gasteiger partial charge in [0.15, 0.2) is 6.29 Å². The first-order chi connectivity index (χ1) is 5.38. The first kappa shape index (κ1) is 7.66. The molecule has 1 heterocycles. The van der Waals surface area contributed by atoms with E-state index in [1.807, 2.05) is 6.07 Å². The van der Waals surface area contributed by atoms with E-state index in [1.54, 1.807) is 18.5 Å². The van der Waals surface area contributed by atoms with E-state index < -0.39 is 0 Å². The van der Waals surface area contributed by atoms with Crippen molar-refractivity contribution in [2.45, 2.75) is 6.42 Å². The molecule has 0 spiro atoms. The molecule has 0 aliphatic carbocycles. The summed E-state index contributed by atoms with van der Waals surface area (Å²) in [6.45, 7) is 3.60. The van der Waals surface area contributed by atoms with Crippen molar-refractivity contribution in [3.8, 4) is 0 Å². The number of hydrogen-bond acceptors (Lipinski definition) is 2. The minimum Gasteiger partial charge on any atom is -0.298 e. The predicted molar refractivity (Wildman–Crippen MR) is 43.5 cm³/mol. The number of aromatic nitrogens is 1. The van der Waals surface area contributed by atoms with Crippen LogP contribution in [0.4, 0.5) is 0 Å². The van der Waals surface area contributed by atoms with Gasteiger partial charge in [-0.2, -0.15) is 0 Å². The lowest BCUT2D eigenvalue weighted by Crippen LogP contribution is -1.91. The third-order valence-electron chi connectivity index (χ3n) is 1.44. The number of carbonyl (C=O) groups is 1. The van der Waals surface area contributed by atoms with Crippen LogP contribution < -0.4 is 0 Å². The van der Waals surface area contributed by atoms with Crippen molar-refractivity contribution in [2.75, 3.05) is 0 Å². The van der Waals surface area contributed by atoms with Gasteiger partial charge in [0.05, 0.1) is 0 Å². The van der Waals surface area contributed by atoms with Crippen LogP contribution in [0.15, 0.2) is 31.1 Å². The van der Waals surface area contributed by atoms with Crippen LogP contribution in [0.1, 0.15) is 15.9 Å². The fourth-order valence-electron chi connectivity index (χ4n) is 0.883. The van der Waals surface area contributed by atoms with E-state index in [4.69, 9.17) is 0 Å². The summed E-state index contributed by atoms with van der Waals surface area (Å²) in [6.07, 6.45) is 6.53. The van der Waals surface area contributed by atoms with Crippen LogP contribution in [-0.2, 0) is 6.42 Å². The van der Waals surface area contributed by atoms with Crippen LogP contribution in [0.3, 0.4) is 0 Å². The monoisotopic (exact) mass is 147 g/mol. The Morgan fingerprint density at radius 1 is 1.64 bits per heavy atom. The van der Waals surface area contributed by atoms with Gasteiger partial charge in [0.2, 0.25) is 0 Å². The normalized spacial score (nSPS) is 9.09. The highest BCUT2D eigenvalue weighted by Gasteiger charge is 1.96. The van der Waals surface area contributed by atoms with Gasteiger partial charge in [-0.1, -0.05) is 6.08 Å². The summed E-state index contributed by atoms with van der Waals surface area (Å²) < 4.78 is 0. The van der Waals surface area contributed by atoms with Gasteiger partial charge in [-0.15, -0.1) is 6.58 Å². The van der Waals surface area contributed by atoms with Crippen LogP contribution in [0.2, 0.25) is 0 Å². The van der Waals surface area contributed by atoms with Gasteiger partial charge in [-0.3, -0.25) is 9.78 Å². The molecule has 0 aliphatic heterocycles. The third kappa shape index (κ3) is 1.74. The Balaban J connectivity index is 3.01. The Labute approximate surface area is 65.6 Å². The van der Waals surface area contributed by atoms with Crippen molar-refractivity contribution in [3.05, 3.63) is 42.2 Å². The van der Waals surface area contributed by atoms with Crippen molar-refractivity contribution in [3.63, 3.8) is 0 Å². The van der Waals surface area contributed by atoms with Gasteiger partial charge in [-0.25, -0.2) is 0 Å². The number of hydrogen-bond donors (Lipinski definition) is 0. The van der Waals surface area contributed by atoms with Crippen molar-refractivity contribution in [1.29, 1.82) is 0 Å². The van der Waals surface area contributed by atoms with Crippen LogP contribution in [0.25, 0.3) is 0 Å². The molecule has 11 heavy (non-hydrogen) atoms. The molecule has 56 valence electrons. The molecule has 0 N–H and O–H groups in total. The van der Waals surface area contributed by atoms with Crippen molar-refractivity contribution in [1.82, 2.24) is 4.98 Å². The molecule has 0 bridgehead atoms. The molecule has 1 rings (SSSR count). The highest BCUT2D eigenvalue weighted by Crippen LogP contribution is 2.04. The number of nitrogens with zero attached hydrogens (tertiary/aromatic N) is 1. The van der Waals surface area contributed by atoms with Crippen molar-refractivity contribution >= 4 is 6.29 Å². The zero-order valence-electron chi connectivity index (χ0n) is 6.16. The number of pyridine rings is 1. The minimum absolute atomic E-state index is 0.646. The zero-order chi connectivity index (χ0) is 8.10. The highest BCUT2D eigenvalue weighted by molar-refractivity contribution is 5.76. The molecule has 0 unspecified atom stereocenters. The van der Waals surface area contributed by atoms with Crippen LogP contribution in [0.5, 0.6) is 0 Å². The molecular weight excluding hydrogens is 138 g/mol. The van der Waals surface area contributed by atoms with Gasteiger partial charge in [0.25, 0.3) is 0 Å². The number of rotatable bonds is 3. The second kappa shape index (κ2) is 3.66. The SMILES string of the molecule is C=CCc1ccncc1C=O. The lowest BCUT2D eigenvalue weighted by molar-refractivity contribution is 0.112. The maximum absolute atomic E-state index is 10.4. The van der Waals surface area contributed by atoms with Gasteiger partial charge >= 0.3 is 0 Å². The predicted octanol–water partition coefficient (Wildman–Crippen LogP) is 1.62. The minimum atomic E-state index is 0.646. The average molecular weight is 147 g/mol. The average Bonchev–Trinajstić information content (AvgIpc) is 2.06. The molecule has 0 saturated carbocycles. The largest absolute Gasteiger partial charge is 0.298 e. The molecule has 2 heteroatoms.